The second-order valence-electron chi connectivity index (χ2n) is 5.07. The van der Waals surface area contributed by atoms with Crippen LogP contribution in [0.5, 0.6) is 0 Å². The van der Waals surface area contributed by atoms with Gasteiger partial charge >= 0.3 is 6.09 Å². The van der Waals surface area contributed by atoms with Crippen molar-refractivity contribution in [2.45, 2.75) is 39.8 Å². The van der Waals surface area contributed by atoms with Crippen molar-refractivity contribution in [2.75, 3.05) is 6.61 Å². The third kappa shape index (κ3) is 2.11. The van der Waals surface area contributed by atoms with E-state index in [4.69, 9.17) is 4.74 Å². The number of carbonyl (C=O) groups excluding carboxylic acids is 1. The Labute approximate surface area is 117 Å². The first-order chi connectivity index (χ1) is 9.70. The summed E-state index contributed by atoms with van der Waals surface area (Å²) in [6, 6.07) is 1.92. The molecule has 3 rings (SSSR count). The molecule has 0 aromatic carbocycles. The van der Waals surface area contributed by atoms with Gasteiger partial charge in [0.25, 0.3) is 0 Å². The lowest BCUT2D eigenvalue weighted by Gasteiger charge is -2.15. The van der Waals surface area contributed by atoms with Gasteiger partial charge in [0.05, 0.1) is 25.4 Å². The summed E-state index contributed by atoms with van der Waals surface area (Å²) in [4.78, 5) is 18.0. The van der Waals surface area contributed by atoms with E-state index in [0.29, 0.717) is 19.7 Å². The Kier molecular flexibility index (Phi) is 3.30. The molecular formula is C14H18N4O2. The predicted octanol–water partition coefficient (Wildman–Crippen LogP) is 2.29. The van der Waals surface area contributed by atoms with Crippen molar-refractivity contribution in [1.82, 2.24) is 19.5 Å². The molecule has 6 heteroatoms. The summed E-state index contributed by atoms with van der Waals surface area (Å²) >= 11 is 0. The number of aromatic nitrogens is 3. The standard InChI is InChI=1S/C14H18N4O2/c1-3-4-7-20-14(19)17-8-11-12(9-17)16-18-10(2)5-6-15-13(11)18/h5-6H,3-4,7-9H2,1-2H3. The van der Waals surface area contributed by atoms with Gasteiger partial charge < -0.3 is 4.74 Å². The molecule has 0 radical (unpaired) electrons. The molecule has 1 aliphatic heterocycles. The molecule has 1 aliphatic rings. The maximum absolute atomic E-state index is 11.9. The largest absolute Gasteiger partial charge is 0.449 e. The lowest BCUT2D eigenvalue weighted by atomic mass is 10.3. The van der Waals surface area contributed by atoms with Gasteiger partial charge in [-0.25, -0.2) is 14.3 Å². The van der Waals surface area contributed by atoms with Crippen LogP contribution in [-0.4, -0.2) is 32.2 Å². The van der Waals surface area contributed by atoms with Crippen LogP contribution in [0.2, 0.25) is 0 Å². The molecule has 0 N–H and O–H groups in total. The number of nitrogens with zero attached hydrogens (tertiary/aromatic N) is 4. The first-order valence-electron chi connectivity index (χ1n) is 6.94. The van der Waals surface area contributed by atoms with Crippen molar-refractivity contribution >= 4 is 11.7 Å². The van der Waals surface area contributed by atoms with Crippen LogP contribution in [0.25, 0.3) is 5.65 Å². The fraction of sp³-hybridized carbons (Fsp3) is 0.500. The topological polar surface area (TPSA) is 59.7 Å². The summed E-state index contributed by atoms with van der Waals surface area (Å²) in [6.07, 6.45) is 3.43. The van der Waals surface area contributed by atoms with Crippen molar-refractivity contribution in [1.29, 1.82) is 0 Å². The van der Waals surface area contributed by atoms with Crippen LogP contribution in [-0.2, 0) is 17.8 Å². The van der Waals surface area contributed by atoms with Gasteiger partial charge in [-0.15, -0.1) is 0 Å². The summed E-state index contributed by atoms with van der Waals surface area (Å²) in [5.74, 6) is 0. The Morgan fingerprint density at radius 1 is 1.45 bits per heavy atom. The number of unbranched alkanes of at least 4 members (excludes halogenated alkanes) is 1. The van der Waals surface area contributed by atoms with Gasteiger partial charge in [-0.2, -0.15) is 5.10 Å². The molecule has 0 fully saturated rings. The Balaban J connectivity index is 1.76. The second kappa shape index (κ2) is 5.11. The number of carbonyl (C=O) groups is 1. The molecule has 2 aromatic heterocycles. The Bertz CT molecular complexity index is 650. The van der Waals surface area contributed by atoms with E-state index in [9.17, 15) is 4.79 Å². The maximum atomic E-state index is 11.9. The third-order valence-corrected chi connectivity index (χ3v) is 3.56. The number of hydrogen-bond acceptors (Lipinski definition) is 4. The molecule has 0 atom stereocenters. The molecule has 0 unspecified atom stereocenters. The lowest BCUT2D eigenvalue weighted by molar-refractivity contribution is 0.1000. The third-order valence-electron chi connectivity index (χ3n) is 3.56. The van der Waals surface area contributed by atoms with E-state index in [1.54, 1.807) is 11.1 Å². The SMILES string of the molecule is CCCCOC(=O)N1Cc2nn3c(C)ccnc3c2C1. The Morgan fingerprint density at radius 3 is 3.10 bits per heavy atom. The van der Waals surface area contributed by atoms with Crippen molar-refractivity contribution < 1.29 is 9.53 Å². The lowest BCUT2D eigenvalue weighted by Crippen LogP contribution is -2.27. The van der Waals surface area contributed by atoms with Gasteiger partial charge in [0.2, 0.25) is 0 Å². The van der Waals surface area contributed by atoms with E-state index in [1.165, 1.54) is 0 Å². The van der Waals surface area contributed by atoms with Gasteiger partial charge in [-0.3, -0.25) is 4.90 Å². The number of aryl methyl sites for hydroxylation is 1. The second-order valence-corrected chi connectivity index (χ2v) is 5.07. The number of amides is 1. The molecule has 0 saturated heterocycles. The molecule has 0 saturated carbocycles. The zero-order valence-corrected chi connectivity index (χ0v) is 11.8. The van der Waals surface area contributed by atoms with E-state index in [2.05, 4.69) is 17.0 Å². The first-order valence-corrected chi connectivity index (χ1v) is 6.94. The van der Waals surface area contributed by atoms with E-state index < -0.39 is 0 Å². The number of rotatable bonds is 3. The fourth-order valence-corrected chi connectivity index (χ4v) is 2.39. The monoisotopic (exact) mass is 274 g/mol. The Morgan fingerprint density at radius 2 is 2.30 bits per heavy atom. The van der Waals surface area contributed by atoms with Crippen LogP contribution in [0.15, 0.2) is 12.3 Å². The highest BCUT2D eigenvalue weighted by molar-refractivity contribution is 5.70. The molecule has 3 heterocycles. The minimum Gasteiger partial charge on any atom is -0.449 e. The molecule has 6 nitrogen and oxygen atoms in total. The van der Waals surface area contributed by atoms with Gasteiger partial charge in [-0.1, -0.05) is 13.3 Å². The van der Waals surface area contributed by atoms with Crippen LogP contribution in [0.4, 0.5) is 4.79 Å². The minimum atomic E-state index is -0.262. The van der Waals surface area contributed by atoms with E-state index in [0.717, 1.165) is 35.4 Å². The first kappa shape index (κ1) is 12.9. The quantitative estimate of drug-likeness (QED) is 0.806. The summed E-state index contributed by atoms with van der Waals surface area (Å²) in [7, 11) is 0. The number of fused-ring (bicyclic) bond motifs is 3. The van der Waals surface area contributed by atoms with Crippen LogP contribution in [0, 0.1) is 6.92 Å². The average Bonchev–Trinajstić information content (AvgIpc) is 2.98. The molecule has 20 heavy (non-hydrogen) atoms. The smallest absolute Gasteiger partial charge is 0.410 e. The van der Waals surface area contributed by atoms with Gasteiger partial charge in [0.1, 0.15) is 0 Å². The van der Waals surface area contributed by atoms with Crippen LogP contribution in [0.3, 0.4) is 0 Å². The van der Waals surface area contributed by atoms with Crippen molar-refractivity contribution in [3.8, 4) is 0 Å². The maximum Gasteiger partial charge on any atom is 0.410 e. The molecule has 0 aliphatic carbocycles. The number of hydrogen-bond donors (Lipinski definition) is 0. The normalized spacial score (nSPS) is 13.8. The molecule has 106 valence electrons. The number of ether oxygens (including phenoxy) is 1. The van der Waals surface area contributed by atoms with Gasteiger partial charge in [0, 0.05) is 17.5 Å². The van der Waals surface area contributed by atoms with Crippen LogP contribution in [0.1, 0.15) is 36.7 Å². The van der Waals surface area contributed by atoms with Gasteiger partial charge in [-0.05, 0) is 19.4 Å². The highest BCUT2D eigenvalue weighted by Crippen LogP contribution is 2.26. The van der Waals surface area contributed by atoms with Crippen molar-refractivity contribution in [3.05, 3.63) is 29.2 Å². The van der Waals surface area contributed by atoms with Crippen molar-refractivity contribution in [3.63, 3.8) is 0 Å². The molecule has 2 aromatic rings. The molecule has 0 spiro atoms. The molecule has 0 bridgehead atoms. The molecular weight excluding hydrogens is 256 g/mol. The summed E-state index contributed by atoms with van der Waals surface area (Å²) in [6.45, 7) is 5.58. The van der Waals surface area contributed by atoms with E-state index in [-0.39, 0.29) is 6.09 Å². The molecule has 1 amide bonds. The zero-order chi connectivity index (χ0) is 14.1. The summed E-state index contributed by atoms with van der Waals surface area (Å²) in [5, 5.41) is 4.53. The van der Waals surface area contributed by atoms with Crippen LogP contribution >= 0.6 is 0 Å². The predicted molar refractivity (Wildman–Crippen MR) is 73.2 cm³/mol. The highest BCUT2D eigenvalue weighted by Gasteiger charge is 2.29. The summed E-state index contributed by atoms with van der Waals surface area (Å²) < 4.78 is 7.07. The van der Waals surface area contributed by atoms with Crippen LogP contribution < -0.4 is 0 Å². The Hall–Kier alpha value is -2.11. The average molecular weight is 274 g/mol. The highest BCUT2D eigenvalue weighted by atomic mass is 16.6. The minimum absolute atomic E-state index is 0.262. The summed E-state index contributed by atoms with van der Waals surface area (Å²) in [5.41, 5.74) is 3.82. The van der Waals surface area contributed by atoms with E-state index in [1.807, 2.05) is 17.5 Å². The van der Waals surface area contributed by atoms with Gasteiger partial charge in [0.15, 0.2) is 5.65 Å². The van der Waals surface area contributed by atoms with Crippen molar-refractivity contribution in [2.24, 2.45) is 0 Å². The fourth-order valence-electron chi connectivity index (χ4n) is 2.39. The zero-order valence-electron chi connectivity index (χ0n) is 11.8. The van der Waals surface area contributed by atoms with E-state index >= 15 is 0 Å².